The van der Waals surface area contributed by atoms with Crippen molar-refractivity contribution in [1.29, 1.82) is 0 Å². The number of unbranched alkanes of at least 4 members (excludes halogenated alkanes) is 37. The topological polar surface area (TPSA) is 111 Å². The molecule has 0 aromatic rings. The lowest BCUT2D eigenvalue weighted by molar-refractivity contribution is -0.870. The lowest BCUT2D eigenvalue weighted by Gasteiger charge is -2.26. The Kier molecular flexibility index (Phi) is 66.1. The van der Waals surface area contributed by atoms with E-state index in [1.807, 2.05) is 21.1 Å². The first-order chi connectivity index (χ1) is 43.1. The molecule has 0 heterocycles. The van der Waals surface area contributed by atoms with Gasteiger partial charge in [0.1, 0.15) is 13.2 Å². The number of hydrogen-bond donors (Lipinski definition) is 0. The third kappa shape index (κ3) is 69.7. The fourth-order valence-corrected chi connectivity index (χ4v) is 10.5. The Bertz CT molecular complexity index is 1770. The summed E-state index contributed by atoms with van der Waals surface area (Å²) >= 11 is 0. The predicted octanol–water partition coefficient (Wildman–Crippen LogP) is 21.9. The van der Waals surface area contributed by atoms with Crippen LogP contribution in [0.3, 0.4) is 0 Å². The minimum absolute atomic E-state index is 0.146. The summed E-state index contributed by atoms with van der Waals surface area (Å²) < 4.78 is 22.8. The van der Waals surface area contributed by atoms with Gasteiger partial charge < -0.3 is 33.3 Å². The third-order valence-electron chi connectivity index (χ3n) is 16.1. The second kappa shape index (κ2) is 69.1. The van der Waals surface area contributed by atoms with Gasteiger partial charge in [-0.3, -0.25) is 9.59 Å². The van der Waals surface area contributed by atoms with E-state index in [2.05, 4.69) is 111 Å². The Morgan fingerprint density at radius 3 is 0.966 bits per heavy atom. The number of carboxylic acids is 1. The molecule has 508 valence electrons. The average Bonchev–Trinajstić information content (AvgIpc) is 3.54. The fourth-order valence-electron chi connectivity index (χ4n) is 10.5. The number of carboxylic acid groups (broad SMARTS) is 1. The van der Waals surface area contributed by atoms with Gasteiger partial charge in [0.15, 0.2) is 12.4 Å². The van der Waals surface area contributed by atoms with Gasteiger partial charge in [-0.15, -0.1) is 0 Å². The number of ether oxygens (including phenoxy) is 4. The van der Waals surface area contributed by atoms with E-state index >= 15 is 0 Å². The van der Waals surface area contributed by atoms with E-state index < -0.39 is 24.3 Å². The molecule has 88 heavy (non-hydrogen) atoms. The maximum absolute atomic E-state index is 12.9. The highest BCUT2D eigenvalue weighted by molar-refractivity contribution is 5.70. The Hall–Kier alpha value is -3.79. The molecule has 0 fully saturated rings. The summed E-state index contributed by atoms with van der Waals surface area (Å²) in [6.45, 7) is 4.68. The number of hydrogen-bond acceptors (Lipinski definition) is 8. The van der Waals surface area contributed by atoms with Crippen LogP contribution in [-0.2, 0) is 33.3 Å². The van der Waals surface area contributed by atoms with Crippen molar-refractivity contribution < 1.29 is 42.9 Å². The molecule has 0 aliphatic carbocycles. The molecule has 0 saturated carbocycles. The number of rotatable bonds is 68. The standard InChI is InChI=1S/C79H139NO8/c1-6-8-10-12-14-16-18-20-22-24-26-28-30-32-34-35-36-37-38-39-40-41-42-43-44-46-48-50-52-54-56-58-60-62-64-66-68-70-77(82)88-75(74-87-79(78(83)84)85-72-71-80(3,4)5)73-86-76(81)69-67-65-63-61-59-57-55-53-51-49-47-45-33-31-29-27-25-23-21-19-17-15-13-11-9-7-2/h8,10,14,16,20,22,26,28,32,34,36-37,39-40,42-43,75,79H,6-7,9,11-13,15,17-19,21,23-25,27,29-31,33,35,38,41,44-74H2,1-5H3/b10-8-,16-14-,22-20-,28-26-,34-32-,37-36-,40-39-,43-42-. The fraction of sp³-hybridized carbons (Fsp3) is 0.759. The largest absolute Gasteiger partial charge is 0.545 e. The van der Waals surface area contributed by atoms with Gasteiger partial charge in [-0.1, -0.05) is 336 Å². The van der Waals surface area contributed by atoms with Crippen molar-refractivity contribution in [2.45, 2.75) is 341 Å². The van der Waals surface area contributed by atoms with E-state index in [9.17, 15) is 19.5 Å². The molecule has 0 aromatic heterocycles. The van der Waals surface area contributed by atoms with Gasteiger partial charge in [-0.05, 0) is 77.0 Å². The normalized spacial score (nSPS) is 13.2. The molecule has 0 spiro atoms. The van der Waals surface area contributed by atoms with Crippen LogP contribution in [0, 0.1) is 0 Å². The van der Waals surface area contributed by atoms with Crippen molar-refractivity contribution in [1.82, 2.24) is 0 Å². The summed E-state index contributed by atoms with van der Waals surface area (Å²) in [7, 11) is 5.94. The van der Waals surface area contributed by atoms with Crippen molar-refractivity contribution in [2.24, 2.45) is 0 Å². The first kappa shape index (κ1) is 84.2. The lowest BCUT2D eigenvalue weighted by Crippen LogP contribution is -2.44. The van der Waals surface area contributed by atoms with E-state index in [4.69, 9.17) is 18.9 Å². The number of aliphatic carboxylic acids is 1. The summed E-state index contributed by atoms with van der Waals surface area (Å²) in [6, 6.07) is 0. The number of esters is 2. The van der Waals surface area contributed by atoms with Crippen LogP contribution in [0.5, 0.6) is 0 Å². The Labute approximate surface area is 543 Å². The Balaban J connectivity index is 4.09. The maximum atomic E-state index is 12.9. The summed E-state index contributed by atoms with van der Waals surface area (Å²) in [5.41, 5.74) is 0. The highest BCUT2D eigenvalue weighted by Gasteiger charge is 2.22. The summed E-state index contributed by atoms with van der Waals surface area (Å²) in [5.74, 6) is -2.27. The molecule has 0 amide bonds. The Morgan fingerprint density at radius 2 is 0.648 bits per heavy atom. The zero-order chi connectivity index (χ0) is 64.0. The molecule has 0 aliphatic rings. The van der Waals surface area contributed by atoms with Crippen LogP contribution in [0.4, 0.5) is 0 Å². The zero-order valence-electron chi connectivity index (χ0n) is 58.1. The molecule has 2 atom stereocenters. The minimum Gasteiger partial charge on any atom is -0.545 e. The van der Waals surface area contributed by atoms with E-state index in [0.29, 0.717) is 23.9 Å². The van der Waals surface area contributed by atoms with Crippen LogP contribution >= 0.6 is 0 Å². The SMILES string of the molecule is CC/C=C\C/C=C\C/C=C\C/C=C\C/C=C\C/C=C\C/C=C\C/C=C\CCCCCCCCCCCCCCC(=O)OC(COC(=O)CCCCCCCCCCCCCCCCCCCCCCCCCCCC)COC(OCC[N+](C)(C)C)C(=O)[O-]. The predicted molar refractivity (Wildman–Crippen MR) is 375 cm³/mol. The monoisotopic (exact) mass is 1230 g/mol. The number of carbonyl (C=O) groups excluding carboxylic acids is 3. The number of quaternary nitrogens is 1. The second-order valence-electron chi connectivity index (χ2n) is 25.9. The van der Waals surface area contributed by atoms with Crippen LogP contribution in [0.25, 0.3) is 0 Å². The van der Waals surface area contributed by atoms with Gasteiger partial charge in [0, 0.05) is 12.8 Å². The van der Waals surface area contributed by atoms with Gasteiger partial charge in [-0.2, -0.15) is 0 Å². The van der Waals surface area contributed by atoms with Crippen LogP contribution in [-0.4, -0.2) is 82.3 Å². The highest BCUT2D eigenvalue weighted by atomic mass is 16.7. The number of allylic oxidation sites excluding steroid dienone is 16. The molecular formula is C79H139NO8. The maximum Gasteiger partial charge on any atom is 0.306 e. The highest BCUT2D eigenvalue weighted by Crippen LogP contribution is 2.18. The van der Waals surface area contributed by atoms with Gasteiger partial charge >= 0.3 is 11.9 Å². The summed E-state index contributed by atoms with van der Waals surface area (Å²) in [6.07, 6.45) is 92.1. The molecule has 2 unspecified atom stereocenters. The van der Waals surface area contributed by atoms with Gasteiger partial charge in [0.2, 0.25) is 0 Å². The van der Waals surface area contributed by atoms with Gasteiger partial charge in [-0.25, -0.2) is 0 Å². The van der Waals surface area contributed by atoms with Gasteiger partial charge in [0.05, 0.1) is 40.3 Å². The van der Waals surface area contributed by atoms with Crippen LogP contribution in [0.2, 0.25) is 0 Å². The van der Waals surface area contributed by atoms with Crippen molar-refractivity contribution >= 4 is 17.9 Å². The van der Waals surface area contributed by atoms with Crippen molar-refractivity contribution in [3.8, 4) is 0 Å². The first-order valence-corrected chi connectivity index (χ1v) is 36.9. The lowest BCUT2D eigenvalue weighted by atomic mass is 10.0. The smallest absolute Gasteiger partial charge is 0.306 e. The second-order valence-corrected chi connectivity index (χ2v) is 25.9. The van der Waals surface area contributed by atoms with E-state index in [0.717, 1.165) is 89.9 Å². The Morgan fingerprint density at radius 1 is 0.352 bits per heavy atom. The summed E-state index contributed by atoms with van der Waals surface area (Å²) in [4.78, 5) is 37.5. The average molecular weight is 1230 g/mol. The van der Waals surface area contributed by atoms with E-state index in [1.54, 1.807) is 0 Å². The number of carbonyl (C=O) groups is 3. The minimum atomic E-state index is -1.63. The van der Waals surface area contributed by atoms with Crippen molar-refractivity contribution in [3.05, 3.63) is 97.2 Å². The molecule has 0 radical (unpaired) electrons. The summed E-state index contributed by atoms with van der Waals surface area (Å²) in [5, 5.41) is 11.8. The molecule has 0 bridgehead atoms. The molecule has 0 N–H and O–H groups in total. The number of nitrogens with zero attached hydrogens (tertiary/aromatic N) is 1. The molecule has 0 aliphatic heterocycles. The van der Waals surface area contributed by atoms with Crippen LogP contribution in [0.1, 0.15) is 328 Å². The zero-order valence-corrected chi connectivity index (χ0v) is 58.1. The van der Waals surface area contributed by atoms with Gasteiger partial charge in [0.25, 0.3) is 0 Å². The van der Waals surface area contributed by atoms with Crippen LogP contribution in [0.15, 0.2) is 97.2 Å². The molecule has 9 nitrogen and oxygen atoms in total. The van der Waals surface area contributed by atoms with E-state index in [1.165, 1.54) is 205 Å². The molecular weight excluding hydrogens is 1090 g/mol. The van der Waals surface area contributed by atoms with Crippen LogP contribution < -0.4 is 5.11 Å². The molecule has 9 heteroatoms. The van der Waals surface area contributed by atoms with E-state index in [-0.39, 0.29) is 32.2 Å². The van der Waals surface area contributed by atoms with Crippen molar-refractivity contribution in [2.75, 3.05) is 47.5 Å². The number of likely N-dealkylation sites (N-methyl/N-ethyl adjacent to an activating group) is 1. The first-order valence-electron chi connectivity index (χ1n) is 36.9. The molecule has 0 rings (SSSR count). The van der Waals surface area contributed by atoms with Crippen molar-refractivity contribution in [3.63, 3.8) is 0 Å². The third-order valence-corrected chi connectivity index (χ3v) is 16.1. The molecule has 0 aromatic carbocycles. The molecule has 0 saturated heterocycles. The quantitative estimate of drug-likeness (QED) is 0.0195.